The Morgan fingerprint density at radius 1 is 1.00 bits per heavy atom. The van der Waals surface area contributed by atoms with Crippen LogP contribution in [0.25, 0.3) is 5.69 Å². The first-order chi connectivity index (χ1) is 16.1. The van der Waals surface area contributed by atoms with Crippen molar-refractivity contribution in [3.63, 3.8) is 0 Å². The molecule has 3 rings (SSSR count). The van der Waals surface area contributed by atoms with Crippen LogP contribution in [0.3, 0.4) is 0 Å². The zero-order valence-electron chi connectivity index (χ0n) is 20.2. The first kappa shape index (κ1) is 25.5. The van der Waals surface area contributed by atoms with Crippen LogP contribution in [0.2, 0.25) is 0 Å². The number of methoxy groups -OCH3 is 2. The fourth-order valence-electron chi connectivity index (χ4n) is 4.03. The van der Waals surface area contributed by atoms with E-state index in [1.54, 1.807) is 26.4 Å². The van der Waals surface area contributed by atoms with Crippen LogP contribution in [0, 0.1) is 13.8 Å². The van der Waals surface area contributed by atoms with Crippen molar-refractivity contribution >= 4 is 15.8 Å². The Hall–Kier alpha value is -3.14. The number of ketones is 1. The van der Waals surface area contributed by atoms with E-state index < -0.39 is 10.0 Å². The van der Waals surface area contributed by atoms with Crippen molar-refractivity contribution in [2.75, 3.05) is 27.3 Å². The van der Waals surface area contributed by atoms with Gasteiger partial charge in [-0.2, -0.15) is 0 Å². The maximum absolute atomic E-state index is 13.2. The minimum Gasteiger partial charge on any atom is -0.493 e. The van der Waals surface area contributed by atoms with Crippen molar-refractivity contribution in [2.45, 2.75) is 32.2 Å². The first-order valence-corrected chi connectivity index (χ1v) is 12.4. The Morgan fingerprint density at radius 2 is 1.65 bits per heavy atom. The van der Waals surface area contributed by atoms with Crippen molar-refractivity contribution in [2.24, 2.45) is 5.14 Å². The molecule has 0 aliphatic heterocycles. The van der Waals surface area contributed by atoms with E-state index in [2.05, 4.69) is 4.90 Å². The SMILES string of the molecule is CCN(CC(=O)c1cc(C)n(-c2ccc(S(N)(=O)=O)cc2)c1C)Cc1ccc(OC)c(OC)c1. The second-order valence-corrected chi connectivity index (χ2v) is 9.64. The normalized spacial score (nSPS) is 11.6. The minimum absolute atomic E-state index is 0.0165. The molecular weight excluding hydrogens is 454 g/mol. The third-order valence-corrected chi connectivity index (χ3v) is 6.75. The lowest BCUT2D eigenvalue weighted by Crippen LogP contribution is -2.29. The molecule has 0 fully saturated rings. The molecule has 34 heavy (non-hydrogen) atoms. The number of sulfonamides is 1. The van der Waals surface area contributed by atoms with E-state index in [4.69, 9.17) is 14.6 Å². The molecule has 1 aromatic heterocycles. The van der Waals surface area contributed by atoms with Crippen molar-refractivity contribution in [3.05, 3.63) is 71.0 Å². The molecule has 0 radical (unpaired) electrons. The van der Waals surface area contributed by atoms with Gasteiger partial charge in [-0.15, -0.1) is 0 Å². The van der Waals surface area contributed by atoms with Crippen LogP contribution in [0.4, 0.5) is 0 Å². The lowest BCUT2D eigenvalue weighted by atomic mass is 10.1. The predicted molar refractivity (Wildman–Crippen MR) is 131 cm³/mol. The molecule has 2 N–H and O–H groups in total. The molecule has 0 aliphatic rings. The monoisotopic (exact) mass is 485 g/mol. The Bertz CT molecular complexity index is 1280. The number of hydrogen-bond acceptors (Lipinski definition) is 6. The summed E-state index contributed by atoms with van der Waals surface area (Å²) < 4.78 is 35.7. The van der Waals surface area contributed by atoms with Gasteiger partial charge in [0.05, 0.1) is 25.7 Å². The Labute approximate surface area is 200 Å². The number of rotatable bonds is 10. The van der Waals surface area contributed by atoms with Crippen LogP contribution in [0.1, 0.15) is 34.2 Å². The number of carbonyl (C=O) groups excluding carboxylic acids is 1. The van der Waals surface area contributed by atoms with E-state index in [0.717, 1.165) is 22.6 Å². The molecule has 0 spiro atoms. The van der Waals surface area contributed by atoms with E-state index in [9.17, 15) is 13.2 Å². The van der Waals surface area contributed by atoms with Crippen LogP contribution in [-0.4, -0.2) is 51.0 Å². The highest BCUT2D eigenvalue weighted by Gasteiger charge is 2.20. The highest BCUT2D eigenvalue weighted by atomic mass is 32.2. The number of primary sulfonamides is 1. The smallest absolute Gasteiger partial charge is 0.238 e. The van der Waals surface area contributed by atoms with Crippen molar-refractivity contribution in [1.29, 1.82) is 0 Å². The third-order valence-electron chi connectivity index (χ3n) is 5.82. The van der Waals surface area contributed by atoms with Gasteiger partial charge in [0.1, 0.15) is 0 Å². The predicted octanol–water partition coefficient (Wildman–Crippen LogP) is 3.46. The first-order valence-electron chi connectivity index (χ1n) is 10.9. The number of Topliss-reactive ketones (excluding diaryl/α,β-unsaturated/α-hetero) is 1. The number of likely N-dealkylation sites (N-methyl/N-ethyl adjacent to an activating group) is 1. The summed E-state index contributed by atoms with van der Waals surface area (Å²) >= 11 is 0. The number of carbonyl (C=O) groups is 1. The van der Waals surface area contributed by atoms with E-state index in [1.165, 1.54) is 12.1 Å². The average Bonchev–Trinajstić information content (AvgIpc) is 3.11. The molecule has 9 heteroatoms. The van der Waals surface area contributed by atoms with E-state index in [0.29, 0.717) is 30.2 Å². The Kier molecular flexibility index (Phi) is 7.81. The van der Waals surface area contributed by atoms with Gasteiger partial charge in [-0.1, -0.05) is 13.0 Å². The second kappa shape index (κ2) is 10.4. The zero-order chi connectivity index (χ0) is 25.0. The van der Waals surface area contributed by atoms with Gasteiger partial charge in [0, 0.05) is 29.2 Å². The molecule has 0 saturated heterocycles. The van der Waals surface area contributed by atoms with Gasteiger partial charge in [-0.3, -0.25) is 9.69 Å². The van der Waals surface area contributed by atoms with Crippen LogP contribution < -0.4 is 14.6 Å². The summed E-state index contributed by atoms with van der Waals surface area (Å²) in [6.07, 6.45) is 0. The van der Waals surface area contributed by atoms with E-state index in [1.807, 2.05) is 49.6 Å². The standard InChI is InChI=1S/C25H31N3O5S/c1-6-27(15-19-7-12-24(32-4)25(14-19)33-5)16-23(29)22-13-17(2)28(18(22)3)20-8-10-21(11-9-20)34(26,30)31/h7-14H,6,15-16H2,1-5H3,(H2,26,30,31). The van der Waals surface area contributed by atoms with Gasteiger partial charge < -0.3 is 14.0 Å². The molecule has 0 atom stereocenters. The molecule has 182 valence electrons. The van der Waals surface area contributed by atoms with Crippen LogP contribution in [0.5, 0.6) is 11.5 Å². The van der Waals surface area contributed by atoms with Crippen LogP contribution in [0.15, 0.2) is 53.4 Å². The number of nitrogens with two attached hydrogens (primary N) is 1. The highest BCUT2D eigenvalue weighted by molar-refractivity contribution is 7.89. The van der Waals surface area contributed by atoms with E-state index in [-0.39, 0.29) is 17.2 Å². The summed E-state index contributed by atoms with van der Waals surface area (Å²) in [6.45, 7) is 7.38. The lowest BCUT2D eigenvalue weighted by molar-refractivity contribution is 0.0929. The number of hydrogen-bond donors (Lipinski definition) is 1. The topological polar surface area (TPSA) is 104 Å². The summed E-state index contributed by atoms with van der Waals surface area (Å²) in [5, 5.41) is 5.20. The summed E-state index contributed by atoms with van der Waals surface area (Å²) in [7, 11) is -0.570. The molecule has 0 bridgehead atoms. The van der Waals surface area contributed by atoms with Gasteiger partial charge in [-0.05, 0) is 68.4 Å². The molecular formula is C25H31N3O5S. The quantitative estimate of drug-likeness (QED) is 0.441. The molecule has 3 aromatic rings. The van der Waals surface area contributed by atoms with Crippen molar-refractivity contribution < 1.29 is 22.7 Å². The second-order valence-electron chi connectivity index (χ2n) is 8.07. The molecule has 0 aliphatic carbocycles. The Morgan fingerprint density at radius 3 is 2.21 bits per heavy atom. The van der Waals surface area contributed by atoms with Gasteiger partial charge in [-0.25, -0.2) is 13.6 Å². The van der Waals surface area contributed by atoms with Gasteiger partial charge in [0.25, 0.3) is 0 Å². The summed E-state index contributed by atoms with van der Waals surface area (Å²) in [5.41, 5.74) is 4.10. The van der Waals surface area contributed by atoms with Crippen molar-refractivity contribution in [3.8, 4) is 17.2 Å². The maximum atomic E-state index is 13.2. The zero-order valence-corrected chi connectivity index (χ0v) is 21.0. The van der Waals surface area contributed by atoms with Crippen LogP contribution >= 0.6 is 0 Å². The fourth-order valence-corrected chi connectivity index (χ4v) is 4.55. The molecule has 8 nitrogen and oxygen atoms in total. The summed E-state index contributed by atoms with van der Waals surface area (Å²) in [5.74, 6) is 1.33. The summed E-state index contributed by atoms with van der Waals surface area (Å²) in [6, 6.07) is 13.9. The number of benzene rings is 2. The third kappa shape index (κ3) is 5.49. The molecule has 2 aromatic carbocycles. The average molecular weight is 486 g/mol. The number of aromatic nitrogens is 1. The maximum Gasteiger partial charge on any atom is 0.238 e. The number of nitrogens with zero attached hydrogens (tertiary/aromatic N) is 2. The molecule has 0 saturated carbocycles. The largest absolute Gasteiger partial charge is 0.493 e. The lowest BCUT2D eigenvalue weighted by Gasteiger charge is -2.20. The number of aryl methyl sites for hydroxylation is 1. The minimum atomic E-state index is -3.76. The Balaban J connectivity index is 1.81. The van der Waals surface area contributed by atoms with Gasteiger partial charge >= 0.3 is 0 Å². The summed E-state index contributed by atoms with van der Waals surface area (Å²) in [4.78, 5) is 15.3. The van der Waals surface area contributed by atoms with Gasteiger partial charge in [0.15, 0.2) is 17.3 Å². The van der Waals surface area contributed by atoms with Gasteiger partial charge in [0.2, 0.25) is 10.0 Å². The number of ether oxygens (including phenoxy) is 2. The van der Waals surface area contributed by atoms with Crippen LogP contribution in [-0.2, 0) is 16.6 Å². The highest BCUT2D eigenvalue weighted by Crippen LogP contribution is 2.28. The molecule has 0 unspecified atom stereocenters. The van der Waals surface area contributed by atoms with Crippen molar-refractivity contribution in [1.82, 2.24) is 9.47 Å². The molecule has 0 amide bonds. The molecule has 1 heterocycles. The van der Waals surface area contributed by atoms with E-state index >= 15 is 0 Å². The fraction of sp³-hybridized carbons (Fsp3) is 0.320.